The van der Waals surface area contributed by atoms with E-state index in [0.717, 1.165) is 44.8 Å². The quantitative estimate of drug-likeness (QED) is 0.227. The molecule has 8 heteroatoms. The van der Waals surface area contributed by atoms with Crippen LogP contribution in [-0.4, -0.2) is 78.2 Å². The Morgan fingerprint density at radius 3 is 2.61 bits per heavy atom. The molecule has 0 spiro atoms. The topological polar surface area (TPSA) is 68.2 Å². The number of nitrogens with zero attached hydrogens (tertiary/aromatic N) is 3. The average Bonchev–Trinajstić information content (AvgIpc) is 2.77. The molecule has 2 N–H and O–H groups in total. The number of hydrogen-bond donors (Lipinski definition) is 3. The fourth-order valence-corrected chi connectivity index (χ4v) is 4.39. The molecule has 1 aromatic carbocycles. The molecule has 0 saturated carbocycles. The van der Waals surface area contributed by atoms with E-state index in [1.165, 1.54) is 0 Å². The number of ketones is 1. The Balaban J connectivity index is 1.44. The second-order valence-corrected chi connectivity index (χ2v) is 8.85. The van der Waals surface area contributed by atoms with Crippen LogP contribution in [0.15, 0.2) is 53.2 Å². The van der Waals surface area contributed by atoms with Crippen LogP contribution in [-0.2, 0) is 4.79 Å². The van der Waals surface area contributed by atoms with Gasteiger partial charge in [-0.2, -0.15) is 0 Å². The highest BCUT2D eigenvalue weighted by molar-refractivity contribution is 7.80. The predicted octanol–water partition coefficient (Wildman–Crippen LogP) is 3.28. The number of piperazine rings is 1. The smallest absolute Gasteiger partial charge is 0.168 e. The average molecular weight is 463 g/mol. The Hall–Kier alpha value is -1.64. The molecule has 31 heavy (non-hydrogen) atoms. The molecule has 1 aromatic rings. The lowest BCUT2D eigenvalue weighted by Crippen LogP contribution is -2.53. The SMILES string of the molecule is C=CCNC(S)N1CCN(CCN=CC2=C(O)CC(c3ccc(Cl)cc3)CC2=O)CC1. The summed E-state index contributed by atoms with van der Waals surface area (Å²) in [6.45, 7) is 9.69. The molecule has 1 aliphatic heterocycles. The highest BCUT2D eigenvalue weighted by Gasteiger charge is 2.27. The van der Waals surface area contributed by atoms with E-state index in [-0.39, 0.29) is 23.0 Å². The fourth-order valence-electron chi connectivity index (χ4n) is 3.93. The monoisotopic (exact) mass is 462 g/mol. The number of Topliss-reactive ketones (excluding diaryl/α,β-unsaturated/α-hetero) is 1. The van der Waals surface area contributed by atoms with E-state index in [9.17, 15) is 9.90 Å². The van der Waals surface area contributed by atoms with Crippen molar-refractivity contribution in [2.75, 3.05) is 45.8 Å². The summed E-state index contributed by atoms with van der Waals surface area (Å²) >= 11 is 10.5. The van der Waals surface area contributed by atoms with Gasteiger partial charge < -0.3 is 5.11 Å². The maximum Gasteiger partial charge on any atom is 0.168 e. The van der Waals surface area contributed by atoms with Gasteiger partial charge in [-0.25, -0.2) is 0 Å². The normalized spacial score (nSPS) is 22.3. The molecular weight excluding hydrogens is 432 g/mol. The van der Waals surface area contributed by atoms with Gasteiger partial charge in [0.25, 0.3) is 0 Å². The summed E-state index contributed by atoms with van der Waals surface area (Å²) in [6.07, 6.45) is 4.20. The lowest BCUT2D eigenvalue weighted by molar-refractivity contribution is -0.116. The number of nitrogens with one attached hydrogen (secondary N) is 1. The number of carbonyl (C=O) groups is 1. The van der Waals surface area contributed by atoms with E-state index < -0.39 is 0 Å². The van der Waals surface area contributed by atoms with Gasteiger partial charge in [0.1, 0.15) is 11.3 Å². The molecule has 0 bridgehead atoms. The van der Waals surface area contributed by atoms with Crippen LogP contribution in [0.1, 0.15) is 24.3 Å². The molecule has 1 saturated heterocycles. The number of thiol groups is 1. The van der Waals surface area contributed by atoms with Gasteiger partial charge in [-0.05, 0) is 23.6 Å². The second-order valence-electron chi connectivity index (χ2n) is 7.92. The zero-order valence-corrected chi connectivity index (χ0v) is 19.4. The molecule has 3 rings (SSSR count). The lowest BCUT2D eigenvalue weighted by atomic mass is 9.83. The number of aliphatic imine (C=N–C) groups is 1. The maximum absolute atomic E-state index is 12.6. The minimum absolute atomic E-state index is 0.0187. The van der Waals surface area contributed by atoms with Gasteiger partial charge in [-0.15, -0.1) is 19.2 Å². The van der Waals surface area contributed by atoms with Crippen molar-refractivity contribution in [3.05, 3.63) is 58.8 Å². The van der Waals surface area contributed by atoms with Gasteiger partial charge in [0.05, 0.1) is 12.1 Å². The third-order valence-electron chi connectivity index (χ3n) is 5.79. The standard InChI is InChI=1S/C23H31ClN4O2S/c1-2-7-26-23(31)28-12-10-27(11-13-28)9-8-25-16-20-21(29)14-18(15-22(20)30)17-3-5-19(24)6-4-17/h2-6,16,18,23,26,29,31H,1,7-15H2. The Morgan fingerprint density at radius 2 is 1.97 bits per heavy atom. The first-order valence-corrected chi connectivity index (χ1v) is 11.6. The zero-order chi connectivity index (χ0) is 22.2. The van der Waals surface area contributed by atoms with Crippen molar-refractivity contribution in [2.45, 2.75) is 24.3 Å². The van der Waals surface area contributed by atoms with Crippen LogP contribution >= 0.6 is 24.2 Å². The van der Waals surface area contributed by atoms with Crippen LogP contribution in [0.4, 0.5) is 0 Å². The Bertz CT molecular complexity index is 819. The van der Waals surface area contributed by atoms with E-state index in [4.69, 9.17) is 11.6 Å². The van der Waals surface area contributed by atoms with E-state index in [0.29, 0.717) is 30.0 Å². The molecule has 0 radical (unpaired) electrons. The van der Waals surface area contributed by atoms with Gasteiger partial charge in [0.15, 0.2) is 5.78 Å². The highest BCUT2D eigenvalue weighted by Crippen LogP contribution is 2.33. The second kappa shape index (κ2) is 11.8. The van der Waals surface area contributed by atoms with Crippen LogP contribution in [0.2, 0.25) is 5.02 Å². The highest BCUT2D eigenvalue weighted by atomic mass is 35.5. The molecule has 0 aromatic heterocycles. The summed E-state index contributed by atoms with van der Waals surface area (Å²) in [4.78, 5) is 21.6. The Morgan fingerprint density at radius 1 is 1.26 bits per heavy atom. The zero-order valence-electron chi connectivity index (χ0n) is 17.7. The van der Waals surface area contributed by atoms with Crippen LogP contribution < -0.4 is 5.32 Å². The largest absolute Gasteiger partial charge is 0.511 e. The number of allylic oxidation sites excluding steroid dienone is 2. The minimum atomic E-state index is -0.0621. The van der Waals surface area contributed by atoms with Crippen LogP contribution in [0.5, 0.6) is 0 Å². The van der Waals surface area contributed by atoms with Crippen molar-refractivity contribution in [1.29, 1.82) is 0 Å². The van der Waals surface area contributed by atoms with E-state index in [1.54, 1.807) is 6.21 Å². The van der Waals surface area contributed by atoms with Gasteiger partial charge in [-0.3, -0.25) is 24.9 Å². The summed E-state index contributed by atoms with van der Waals surface area (Å²) in [6, 6.07) is 7.45. The number of aliphatic hydroxyl groups excluding tert-OH is 1. The lowest BCUT2D eigenvalue weighted by Gasteiger charge is -2.37. The molecular formula is C23H31ClN4O2S. The van der Waals surface area contributed by atoms with Crippen molar-refractivity contribution < 1.29 is 9.90 Å². The first kappa shape index (κ1) is 24.0. The molecule has 2 atom stereocenters. The van der Waals surface area contributed by atoms with E-state index >= 15 is 0 Å². The van der Waals surface area contributed by atoms with E-state index in [2.05, 4.69) is 39.3 Å². The molecule has 1 aliphatic carbocycles. The van der Waals surface area contributed by atoms with Crippen LogP contribution in [0.3, 0.4) is 0 Å². The van der Waals surface area contributed by atoms with Gasteiger partial charge in [-0.1, -0.05) is 29.8 Å². The third kappa shape index (κ3) is 6.92. The van der Waals surface area contributed by atoms with Gasteiger partial charge >= 0.3 is 0 Å². The minimum Gasteiger partial charge on any atom is -0.511 e. The first-order chi connectivity index (χ1) is 15.0. The number of hydrogen-bond acceptors (Lipinski definition) is 7. The predicted molar refractivity (Wildman–Crippen MR) is 130 cm³/mol. The molecule has 0 amide bonds. The Kier molecular flexibility index (Phi) is 9.16. The summed E-state index contributed by atoms with van der Waals surface area (Å²) < 4.78 is 0. The number of benzene rings is 1. The maximum atomic E-state index is 12.6. The van der Waals surface area contributed by atoms with Crippen molar-refractivity contribution in [2.24, 2.45) is 4.99 Å². The molecule has 1 heterocycles. The summed E-state index contributed by atoms with van der Waals surface area (Å²) in [5.41, 5.74) is 1.41. The fraction of sp³-hybridized carbons (Fsp3) is 0.478. The van der Waals surface area contributed by atoms with Crippen molar-refractivity contribution in [1.82, 2.24) is 15.1 Å². The number of rotatable bonds is 9. The number of aliphatic hydroxyl groups is 1. The number of halogens is 1. The van der Waals surface area contributed by atoms with Gasteiger partial charge in [0, 0.05) is 63.3 Å². The molecule has 2 unspecified atom stereocenters. The molecule has 2 aliphatic rings. The summed E-state index contributed by atoms with van der Waals surface area (Å²) in [5, 5.41) is 14.4. The van der Waals surface area contributed by atoms with Crippen LogP contribution in [0, 0.1) is 0 Å². The molecule has 1 fully saturated rings. The van der Waals surface area contributed by atoms with Crippen LogP contribution in [0.25, 0.3) is 0 Å². The summed E-state index contributed by atoms with van der Waals surface area (Å²) in [5.74, 6) is 0.0446. The number of carbonyl (C=O) groups excluding carboxylic acids is 1. The first-order valence-electron chi connectivity index (χ1n) is 10.7. The van der Waals surface area contributed by atoms with E-state index in [1.807, 2.05) is 30.3 Å². The molecule has 168 valence electrons. The van der Waals surface area contributed by atoms with Crippen molar-refractivity contribution >= 4 is 36.2 Å². The summed E-state index contributed by atoms with van der Waals surface area (Å²) in [7, 11) is 0. The van der Waals surface area contributed by atoms with Crippen molar-refractivity contribution in [3.63, 3.8) is 0 Å². The van der Waals surface area contributed by atoms with Crippen molar-refractivity contribution in [3.8, 4) is 0 Å². The third-order valence-corrected chi connectivity index (χ3v) is 6.55. The molecule has 6 nitrogen and oxygen atoms in total. The van der Waals surface area contributed by atoms with Gasteiger partial charge in [0.2, 0.25) is 0 Å². The Labute approximate surface area is 195 Å².